The first-order valence-electron chi connectivity index (χ1n) is 7.91. The molecule has 2 aromatic carbocycles. The van der Waals surface area contributed by atoms with Gasteiger partial charge in [0, 0.05) is 11.5 Å². The zero-order valence-corrected chi connectivity index (χ0v) is 14.1. The van der Waals surface area contributed by atoms with Gasteiger partial charge in [0.05, 0.1) is 12.6 Å². The number of rotatable bonds is 6. The number of benzene rings is 2. The van der Waals surface area contributed by atoms with Crippen molar-refractivity contribution in [2.24, 2.45) is 0 Å². The monoisotopic (exact) mass is 348 g/mol. The van der Waals surface area contributed by atoms with Crippen molar-refractivity contribution >= 4 is 16.9 Å². The van der Waals surface area contributed by atoms with Gasteiger partial charge in [0.25, 0.3) is 0 Å². The fraction of sp³-hybridized carbons (Fsp3) is 0.150. The standard InChI is InChI=1S/C20H16N2O4/c1-24-20(23)13-25-18-9-8-17-15(16(18)11-21)7-10-19(22-17)26-12-14-5-3-2-4-6-14/h2-10H,12-13H2,1H3. The quantitative estimate of drug-likeness (QED) is 0.636. The molecular formula is C20H16N2O4. The first-order chi connectivity index (χ1) is 12.7. The summed E-state index contributed by atoms with van der Waals surface area (Å²) in [6.45, 7) is 0.146. The Balaban J connectivity index is 1.82. The molecule has 0 aliphatic carbocycles. The van der Waals surface area contributed by atoms with Gasteiger partial charge in [-0.05, 0) is 23.8 Å². The molecule has 1 heterocycles. The molecule has 6 heteroatoms. The molecule has 0 saturated carbocycles. The van der Waals surface area contributed by atoms with Gasteiger partial charge in [-0.2, -0.15) is 5.26 Å². The molecular weight excluding hydrogens is 332 g/mol. The minimum Gasteiger partial charge on any atom is -0.480 e. The number of fused-ring (bicyclic) bond motifs is 1. The number of nitrogens with zero attached hydrogens (tertiary/aromatic N) is 2. The third kappa shape index (κ3) is 3.90. The van der Waals surface area contributed by atoms with E-state index in [2.05, 4.69) is 15.8 Å². The second kappa shape index (κ2) is 7.99. The van der Waals surface area contributed by atoms with Gasteiger partial charge in [0.15, 0.2) is 6.61 Å². The Hall–Kier alpha value is -3.59. The van der Waals surface area contributed by atoms with E-state index < -0.39 is 5.97 Å². The Labute approximate surface area is 150 Å². The first-order valence-corrected chi connectivity index (χ1v) is 7.91. The number of pyridine rings is 1. The molecule has 0 radical (unpaired) electrons. The number of nitriles is 1. The highest BCUT2D eigenvalue weighted by Crippen LogP contribution is 2.28. The maximum absolute atomic E-state index is 11.2. The number of hydrogen-bond donors (Lipinski definition) is 0. The highest BCUT2D eigenvalue weighted by Gasteiger charge is 2.12. The van der Waals surface area contributed by atoms with Crippen LogP contribution in [0.1, 0.15) is 11.1 Å². The summed E-state index contributed by atoms with van der Waals surface area (Å²) in [7, 11) is 1.28. The van der Waals surface area contributed by atoms with Crippen LogP contribution in [0.2, 0.25) is 0 Å². The van der Waals surface area contributed by atoms with Gasteiger partial charge in [-0.3, -0.25) is 0 Å². The van der Waals surface area contributed by atoms with Gasteiger partial charge in [0.1, 0.15) is 24.0 Å². The second-order valence-corrected chi connectivity index (χ2v) is 5.41. The zero-order valence-electron chi connectivity index (χ0n) is 14.1. The predicted molar refractivity (Wildman–Crippen MR) is 94.7 cm³/mol. The summed E-state index contributed by atoms with van der Waals surface area (Å²) in [5.74, 6) is 0.260. The fourth-order valence-electron chi connectivity index (χ4n) is 2.41. The van der Waals surface area contributed by atoms with E-state index in [1.807, 2.05) is 30.3 Å². The van der Waals surface area contributed by atoms with Crippen LogP contribution in [0.25, 0.3) is 10.9 Å². The van der Waals surface area contributed by atoms with E-state index >= 15 is 0 Å². The summed E-state index contributed by atoms with van der Waals surface area (Å²) in [6, 6.07) is 18.7. The minimum atomic E-state index is -0.517. The average molecular weight is 348 g/mol. The third-order valence-corrected chi connectivity index (χ3v) is 3.72. The molecule has 0 bridgehead atoms. The molecule has 3 aromatic rings. The van der Waals surface area contributed by atoms with E-state index in [-0.39, 0.29) is 6.61 Å². The van der Waals surface area contributed by atoms with Crippen molar-refractivity contribution in [1.82, 2.24) is 4.98 Å². The Morgan fingerprint density at radius 2 is 1.88 bits per heavy atom. The first kappa shape index (κ1) is 17.2. The number of aromatic nitrogens is 1. The molecule has 0 atom stereocenters. The molecule has 0 fully saturated rings. The molecule has 0 N–H and O–H groups in total. The number of carbonyl (C=O) groups excluding carboxylic acids is 1. The Morgan fingerprint density at radius 3 is 2.62 bits per heavy atom. The Bertz CT molecular complexity index is 965. The van der Waals surface area contributed by atoms with Crippen molar-refractivity contribution in [2.45, 2.75) is 6.61 Å². The average Bonchev–Trinajstić information content (AvgIpc) is 2.70. The molecule has 6 nitrogen and oxygen atoms in total. The van der Waals surface area contributed by atoms with Crippen LogP contribution in [0.15, 0.2) is 54.6 Å². The topological polar surface area (TPSA) is 81.4 Å². The van der Waals surface area contributed by atoms with Crippen molar-refractivity contribution in [1.29, 1.82) is 5.26 Å². The number of carbonyl (C=O) groups is 1. The smallest absolute Gasteiger partial charge is 0.343 e. The van der Waals surface area contributed by atoms with Crippen molar-refractivity contribution in [2.75, 3.05) is 13.7 Å². The van der Waals surface area contributed by atoms with Gasteiger partial charge in [0.2, 0.25) is 5.88 Å². The molecule has 0 spiro atoms. The van der Waals surface area contributed by atoms with E-state index in [0.29, 0.717) is 34.7 Å². The maximum atomic E-state index is 11.2. The summed E-state index contributed by atoms with van der Waals surface area (Å²) >= 11 is 0. The maximum Gasteiger partial charge on any atom is 0.343 e. The third-order valence-electron chi connectivity index (χ3n) is 3.72. The summed E-state index contributed by atoms with van der Waals surface area (Å²) in [4.78, 5) is 15.7. The normalized spacial score (nSPS) is 10.2. The van der Waals surface area contributed by atoms with Gasteiger partial charge in [-0.15, -0.1) is 0 Å². The summed E-state index contributed by atoms with van der Waals surface area (Å²) in [5, 5.41) is 10.1. The van der Waals surface area contributed by atoms with Crippen molar-refractivity contribution in [3.8, 4) is 17.7 Å². The van der Waals surface area contributed by atoms with Gasteiger partial charge in [-0.1, -0.05) is 30.3 Å². The van der Waals surface area contributed by atoms with Crippen LogP contribution in [0.4, 0.5) is 0 Å². The highest BCUT2D eigenvalue weighted by molar-refractivity contribution is 5.87. The molecule has 26 heavy (non-hydrogen) atoms. The van der Waals surface area contributed by atoms with E-state index in [0.717, 1.165) is 5.56 Å². The molecule has 0 aliphatic rings. The van der Waals surface area contributed by atoms with Gasteiger partial charge in [-0.25, -0.2) is 9.78 Å². The van der Waals surface area contributed by atoms with E-state index in [9.17, 15) is 10.1 Å². The fourth-order valence-corrected chi connectivity index (χ4v) is 2.41. The largest absolute Gasteiger partial charge is 0.480 e. The molecule has 0 aliphatic heterocycles. The lowest BCUT2D eigenvalue weighted by atomic mass is 10.1. The van der Waals surface area contributed by atoms with Crippen molar-refractivity contribution < 1.29 is 19.0 Å². The lowest BCUT2D eigenvalue weighted by Crippen LogP contribution is -2.13. The van der Waals surface area contributed by atoms with Crippen LogP contribution in [0.5, 0.6) is 11.6 Å². The molecule has 1 aromatic heterocycles. The molecule has 3 rings (SSSR count). The molecule has 130 valence electrons. The van der Waals surface area contributed by atoms with Crippen LogP contribution in [-0.2, 0) is 16.1 Å². The zero-order chi connectivity index (χ0) is 18.4. The minimum absolute atomic E-state index is 0.262. The predicted octanol–water partition coefficient (Wildman–Crippen LogP) is 3.24. The second-order valence-electron chi connectivity index (χ2n) is 5.41. The molecule has 0 unspecified atom stereocenters. The SMILES string of the molecule is COC(=O)COc1ccc2nc(OCc3ccccc3)ccc2c1C#N. The molecule has 0 amide bonds. The Kier molecular flexibility index (Phi) is 5.30. The van der Waals surface area contributed by atoms with Gasteiger partial charge >= 0.3 is 5.97 Å². The van der Waals surface area contributed by atoms with Gasteiger partial charge < -0.3 is 14.2 Å². The van der Waals surface area contributed by atoms with E-state index in [1.165, 1.54) is 7.11 Å². The lowest BCUT2D eigenvalue weighted by Gasteiger charge is -2.10. The summed E-state index contributed by atoms with van der Waals surface area (Å²) < 4.78 is 15.6. The van der Waals surface area contributed by atoms with E-state index in [1.54, 1.807) is 24.3 Å². The van der Waals surface area contributed by atoms with Crippen molar-refractivity contribution in [3.63, 3.8) is 0 Å². The van der Waals surface area contributed by atoms with Crippen LogP contribution in [0, 0.1) is 11.3 Å². The van der Waals surface area contributed by atoms with E-state index in [4.69, 9.17) is 9.47 Å². The number of esters is 1. The Morgan fingerprint density at radius 1 is 1.08 bits per heavy atom. The summed E-state index contributed by atoms with van der Waals surface area (Å²) in [6.07, 6.45) is 0. The highest BCUT2D eigenvalue weighted by atomic mass is 16.6. The van der Waals surface area contributed by atoms with Crippen LogP contribution >= 0.6 is 0 Å². The van der Waals surface area contributed by atoms with Crippen LogP contribution in [0.3, 0.4) is 0 Å². The molecule has 0 saturated heterocycles. The van der Waals surface area contributed by atoms with Crippen LogP contribution < -0.4 is 9.47 Å². The number of methoxy groups -OCH3 is 1. The number of hydrogen-bond acceptors (Lipinski definition) is 6. The van der Waals surface area contributed by atoms with Crippen LogP contribution in [-0.4, -0.2) is 24.7 Å². The van der Waals surface area contributed by atoms with Crippen molar-refractivity contribution in [3.05, 3.63) is 65.7 Å². The lowest BCUT2D eigenvalue weighted by molar-refractivity contribution is -0.142. The summed E-state index contributed by atoms with van der Waals surface area (Å²) in [5.41, 5.74) is 1.96. The number of ether oxygens (including phenoxy) is 3.